The lowest BCUT2D eigenvalue weighted by Gasteiger charge is -2.34. The molecule has 29 heavy (non-hydrogen) atoms. The fourth-order valence-corrected chi connectivity index (χ4v) is 5.17. The van der Waals surface area contributed by atoms with Crippen molar-refractivity contribution in [2.45, 2.75) is 102 Å². The summed E-state index contributed by atoms with van der Waals surface area (Å²) in [5, 5.41) is 5.50. The van der Waals surface area contributed by atoms with Crippen molar-refractivity contribution in [3.63, 3.8) is 0 Å². The maximum atomic E-state index is 12.1. The van der Waals surface area contributed by atoms with Crippen molar-refractivity contribution in [1.29, 1.82) is 0 Å². The summed E-state index contributed by atoms with van der Waals surface area (Å²) in [6.07, 6.45) is 16.6. The lowest BCUT2D eigenvalue weighted by molar-refractivity contribution is 0.445. The van der Waals surface area contributed by atoms with Gasteiger partial charge in [0.15, 0.2) is 0 Å². The third kappa shape index (κ3) is 8.67. The molecule has 5 heteroatoms. The van der Waals surface area contributed by atoms with E-state index in [0.29, 0.717) is 5.92 Å². The zero-order valence-corrected chi connectivity index (χ0v) is 19.5. The Hall–Kier alpha value is -1.07. The number of hydrogen-bond acceptors (Lipinski definition) is 3. The zero-order chi connectivity index (χ0) is 21.1. The van der Waals surface area contributed by atoms with E-state index in [-0.39, 0.29) is 4.90 Å². The standard InChI is InChI=1S/C24H42N2O2S/c1-3-4-5-6-7-8-9-10-11-12-15-22-16-17-24(29(25,27)28)23(19-22)26-18-13-14-21(2)20-26/h16-17,19,21H,3-15,18,20H2,1-2H3,(H2,25,27,28). The van der Waals surface area contributed by atoms with Gasteiger partial charge in [0, 0.05) is 13.1 Å². The van der Waals surface area contributed by atoms with Crippen LogP contribution >= 0.6 is 0 Å². The summed E-state index contributed by atoms with van der Waals surface area (Å²) >= 11 is 0. The second-order valence-electron chi connectivity index (χ2n) is 8.97. The van der Waals surface area contributed by atoms with Gasteiger partial charge in [0.25, 0.3) is 0 Å². The molecule has 1 aromatic rings. The molecular formula is C24H42N2O2S. The minimum absolute atomic E-state index is 0.276. The molecule has 1 saturated heterocycles. The van der Waals surface area contributed by atoms with Gasteiger partial charge >= 0.3 is 0 Å². The molecular weight excluding hydrogens is 380 g/mol. The quantitative estimate of drug-likeness (QED) is 0.394. The molecule has 0 amide bonds. The molecule has 4 nitrogen and oxygen atoms in total. The largest absolute Gasteiger partial charge is 0.370 e. The molecule has 1 aliphatic rings. The van der Waals surface area contributed by atoms with Crippen LogP contribution in [0, 0.1) is 5.92 Å². The van der Waals surface area contributed by atoms with E-state index in [2.05, 4.69) is 24.8 Å². The van der Waals surface area contributed by atoms with Crippen molar-refractivity contribution in [3.05, 3.63) is 23.8 Å². The van der Waals surface area contributed by atoms with Crippen LogP contribution in [0.3, 0.4) is 0 Å². The highest BCUT2D eigenvalue weighted by atomic mass is 32.2. The predicted molar refractivity (Wildman–Crippen MR) is 124 cm³/mol. The van der Waals surface area contributed by atoms with Crippen LogP contribution in [0.15, 0.2) is 23.1 Å². The number of hydrogen-bond donors (Lipinski definition) is 1. The molecule has 0 bridgehead atoms. The Morgan fingerprint density at radius 1 is 1.00 bits per heavy atom. The van der Waals surface area contributed by atoms with Gasteiger partial charge in [0.2, 0.25) is 10.0 Å². The normalized spacial score (nSPS) is 17.6. The molecule has 1 aromatic carbocycles. The van der Waals surface area contributed by atoms with Crippen LogP contribution in [-0.4, -0.2) is 21.5 Å². The molecule has 0 radical (unpaired) electrons. The van der Waals surface area contributed by atoms with Crippen LogP contribution in [-0.2, 0) is 16.4 Å². The van der Waals surface area contributed by atoms with E-state index in [1.165, 1.54) is 76.2 Å². The number of nitrogens with two attached hydrogens (primary N) is 1. The van der Waals surface area contributed by atoms with Gasteiger partial charge in [-0.05, 0) is 49.3 Å². The van der Waals surface area contributed by atoms with Gasteiger partial charge in [0.05, 0.1) is 5.69 Å². The molecule has 1 heterocycles. The first-order valence-electron chi connectivity index (χ1n) is 11.8. The van der Waals surface area contributed by atoms with Gasteiger partial charge in [-0.15, -0.1) is 0 Å². The second-order valence-corrected chi connectivity index (χ2v) is 10.5. The van der Waals surface area contributed by atoms with E-state index in [1.54, 1.807) is 6.07 Å². The highest BCUT2D eigenvalue weighted by molar-refractivity contribution is 7.89. The number of rotatable bonds is 13. The monoisotopic (exact) mass is 422 g/mol. The molecule has 1 fully saturated rings. The van der Waals surface area contributed by atoms with E-state index in [9.17, 15) is 8.42 Å². The molecule has 166 valence electrons. The first-order valence-corrected chi connectivity index (χ1v) is 13.4. The molecule has 0 aliphatic carbocycles. The number of primary sulfonamides is 1. The molecule has 0 spiro atoms. The smallest absolute Gasteiger partial charge is 0.240 e. The second kappa shape index (κ2) is 12.6. The summed E-state index contributed by atoms with van der Waals surface area (Å²) in [5.41, 5.74) is 2.04. The van der Waals surface area contributed by atoms with Gasteiger partial charge < -0.3 is 4.90 Å². The molecule has 1 aliphatic heterocycles. The molecule has 0 aromatic heterocycles. The Balaban J connectivity index is 1.83. The van der Waals surface area contributed by atoms with Crippen LogP contribution in [0.5, 0.6) is 0 Å². The summed E-state index contributed by atoms with van der Waals surface area (Å²) < 4.78 is 24.2. The zero-order valence-electron chi connectivity index (χ0n) is 18.7. The third-order valence-electron chi connectivity index (χ3n) is 6.15. The summed E-state index contributed by atoms with van der Waals surface area (Å²) in [6.45, 7) is 6.31. The Kier molecular flexibility index (Phi) is 10.5. The van der Waals surface area contributed by atoms with Crippen LogP contribution in [0.1, 0.15) is 96.5 Å². The van der Waals surface area contributed by atoms with Crippen LogP contribution in [0.25, 0.3) is 0 Å². The fraction of sp³-hybridized carbons (Fsp3) is 0.750. The number of anilines is 1. The van der Waals surface area contributed by atoms with Gasteiger partial charge in [0.1, 0.15) is 4.90 Å². The van der Waals surface area contributed by atoms with E-state index >= 15 is 0 Å². The van der Waals surface area contributed by atoms with Crippen molar-refractivity contribution in [1.82, 2.24) is 0 Å². The Morgan fingerprint density at radius 3 is 2.21 bits per heavy atom. The van der Waals surface area contributed by atoms with Gasteiger partial charge in [-0.1, -0.05) is 77.7 Å². The average molecular weight is 423 g/mol. The van der Waals surface area contributed by atoms with E-state index in [0.717, 1.165) is 31.6 Å². The van der Waals surface area contributed by atoms with E-state index < -0.39 is 10.0 Å². The molecule has 2 N–H and O–H groups in total. The van der Waals surface area contributed by atoms with Crippen LogP contribution < -0.4 is 10.0 Å². The van der Waals surface area contributed by atoms with Crippen molar-refractivity contribution in [2.75, 3.05) is 18.0 Å². The Labute approximate surface area is 179 Å². The number of aryl methyl sites for hydroxylation is 1. The van der Waals surface area contributed by atoms with E-state index in [4.69, 9.17) is 5.14 Å². The Morgan fingerprint density at radius 2 is 1.62 bits per heavy atom. The average Bonchev–Trinajstić information content (AvgIpc) is 2.68. The first kappa shape index (κ1) is 24.2. The third-order valence-corrected chi connectivity index (χ3v) is 7.10. The van der Waals surface area contributed by atoms with Crippen molar-refractivity contribution in [2.24, 2.45) is 11.1 Å². The highest BCUT2D eigenvalue weighted by Gasteiger charge is 2.23. The Bertz CT molecular complexity index is 703. The maximum Gasteiger partial charge on any atom is 0.240 e. The predicted octanol–water partition coefficient (Wildman–Crippen LogP) is 6.03. The van der Waals surface area contributed by atoms with Crippen molar-refractivity contribution < 1.29 is 8.42 Å². The minimum Gasteiger partial charge on any atom is -0.370 e. The summed E-state index contributed by atoms with van der Waals surface area (Å²) in [7, 11) is -3.70. The number of piperidine rings is 1. The van der Waals surface area contributed by atoms with Gasteiger partial charge in [-0.3, -0.25) is 0 Å². The molecule has 1 unspecified atom stereocenters. The van der Waals surface area contributed by atoms with Crippen LogP contribution in [0.2, 0.25) is 0 Å². The number of benzene rings is 1. The summed E-state index contributed by atoms with van der Waals surface area (Å²) in [5.74, 6) is 0.586. The molecule has 0 saturated carbocycles. The first-order chi connectivity index (χ1) is 13.9. The number of nitrogens with zero attached hydrogens (tertiary/aromatic N) is 1. The summed E-state index contributed by atoms with van der Waals surface area (Å²) in [4.78, 5) is 2.49. The highest BCUT2D eigenvalue weighted by Crippen LogP contribution is 2.30. The minimum atomic E-state index is -3.70. The van der Waals surface area contributed by atoms with Crippen molar-refractivity contribution >= 4 is 15.7 Å². The van der Waals surface area contributed by atoms with Gasteiger partial charge in [-0.25, -0.2) is 13.6 Å². The van der Waals surface area contributed by atoms with Crippen LogP contribution in [0.4, 0.5) is 5.69 Å². The summed E-state index contributed by atoms with van der Waals surface area (Å²) in [6, 6.07) is 5.74. The SMILES string of the molecule is CCCCCCCCCCCCc1ccc(S(N)(=O)=O)c(N2CCCC(C)C2)c1. The number of unbranched alkanes of at least 4 members (excludes halogenated alkanes) is 9. The van der Waals surface area contributed by atoms with E-state index in [1.807, 2.05) is 6.07 Å². The lowest BCUT2D eigenvalue weighted by Crippen LogP contribution is -2.35. The van der Waals surface area contributed by atoms with Gasteiger partial charge in [-0.2, -0.15) is 0 Å². The van der Waals surface area contributed by atoms with Crippen molar-refractivity contribution in [3.8, 4) is 0 Å². The maximum absolute atomic E-state index is 12.1. The fourth-order valence-electron chi connectivity index (χ4n) is 4.43. The number of sulfonamides is 1. The molecule has 1 atom stereocenters. The molecule has 2 rings (SSSR count). The lowest BCUT2D eigenvalue weighted by atomic mass is 9.99. The topological polar surface area (TPSA) is 63.4 Å².